The van der Waals surface area contributed by atoms with Crippen LogP contribution in [0.15, 0.2) is 22.6 Å². The van der Waals surface area contributed by atoms with Crippen LogP contribution in [0, 0.1) is 0 Å². The highest BCUT2D eigenvalue weighted by Crippen LogP contribution is 2.07. The largest absolute Gasteiger partial charge is 0.305 e. The van der Waals surface area contributed by atoms with Crippen LogP contribution in [0.1, 0.15) is 0 Å². The van der Waals surface area contributed by atoms with Crippen molar-refractivity contribution in [3.8, 4) is 0 Å². The molecule has 0 saturated heterocycles. The molecule has 0 spiro atoms. The van der Waals surface area contributed by atoms with E-state index in [4.69, 9.17) is 0 Å². The minimum absolute atomic E-state index is 0.0648. The first-order chi connectivity index (χ1) is 3.97. The van der Waals surface area contributed by atoms with E-state index in [-0.39, 0.29) is 6.17 Å². The fraction of sp³-hybridized carbons (Fsp3) is 0.333. The van der Waals surface area contributed by atoms with Crippen molar-refractivity contribution in [1.29, 1.82) is 0 Å². The molecule has 0 aromatic carbocycles. The van der Waals surface area contributed by atoms with Crippen molar-refractivity contribution in [3.63, 3.8) is 0 Å². The fourth-order valence-electron chi connectivity index (χ4n) is 0.683. The molecule has 1 atom stereocenters. The summed E-state index contributed by atoms with van der Waals surface area (Å²) in [6, 6.07) is 0. The molecule has 0 radical (unpaired) electrons. The highest BCUT2D eigenvalue weighted by molar-refractivity contribution is 4.96. The summed E-state index contributed by atoms with van der Waals surface area (Å²) in [6.07, 6.45) is 3.79. The maximum atomic E-state index is 3.79. The standard InChI is InChI=1S/C3H5N5/c1-2-4-8-3(1)5-6-7-8/h1-4H,(H,5,7). The Hall–Kier alpha value is -1.10. The van der Waals surface area contributed by atoms with Crippen LogP contribution in [0.5, 0.6) is 0 Å². The van der Waals surface area contributed by atoms with Crippen molar-refractivity contribution in [2.75, 3.05) is 0 Å². The van der Waals surface area contributed by atoms with Crippen LogP contribution in [0.4, 0.5) is 0 Å². The van der Waals surface area contributed by atoms with E-state index < -0.39 is 0 Å². The predicted molar refractivity (Wildman–Crippen MR) is 25.9 cm³/mol. The molecule has 0 bridgehead atoms. The average molecular weight is 111 g/mol. The first kappa shape index (κ1) is 3.85. The number of hydrogen-bond acceptors (Lipinski definition) is 5. The Balaban J connectivity index is 2.22. The van der Waals surface area contributed by atoms with Gasteiger partial charge in [0.1, 0.15) is 0 Å². The number of rotatable bonds is 0. The molecule has 5 nitrogen and oxygen atoms in total. The second-order valence-electron chi connectivity index (χ2n) is 1.59. The van der Waals surface area contributed by atoms with Gasteiger partial charge in [-0.25, -0.2) is 5.53 Å². The maximum absolute atomic E-state index is 3.79. The summed E-state index contributed by atoms with van der Waals surface area (Å²) in [5.74, 6) is 0. The first-order valence-electron chi connectivity index (χ1n) is 2.34. The number of fused-ring (bicyclic) bond motifs is 1. The van der Waals surface area contributed by atoms with Crippen molar-refractivity contribution >= 4 is 0 Å². The van der Waals surface area contributed by atoms with Crippen molar-refractivity contribution in [2.24, 2.45) is 10.3 Å². The van der Waals surface area contributed by atoms with Gasteiger partial charge in [0.05, 0.1) is 0 Å². The smallest absolute Gasteiger partial charge is 0.184 e. The van der Waals surface area contributed by atoms with Crippen molar-refractivity contribution in [3.05, 3.63) is 12.3 Å². The number of nitrogens with zero attached hydrogens (tertiary/aromatic N) is 3. The molecule has 0 aromatic rings. The Labute approximate surface area is 46.0 Å². The van der Waals surface area contributed by atoms with Crippen molar-refractivity contribution < 1.29 is 0 Å². The lowest BCUT2D eigenvalue weighted by Gasteiger charge is -2.09. The second kappa shape index (κ2) is 1.19. The molecule has 0 aliphatic carbocycles. The summed E-state index contributed by atoms with van der Waals surface area (Å²) in [5.41, 5.74) is 5.51. The van der Waals surface area contributed by atoms with Gasteiger partial charge >= 0.3 is 0 Å². The zero-order valence-corrected chi connectivity index (χ0v) is 4.07. The van der Waals surface area contributed by atoms with Crippen molar-refractivity contribution in [2.45, 2.75) is 6.17 Å². The zero-order chi connectivity index (χ0) is 5.40. The molecule has 0 saturated carbocycles. The van der Waals surface area contributed by atoms with Gasteiger partial charge in [-0.2, -0.15) is 0 Å². The van der Waals surface area contributed by atoms with Crippen LogP contribution in [-0.4, -0.2) is 11.3 Å². The number of nitrogens with one attached hydrogen (secondary N) is 2. The van der Waals surface area contributed by atoms with E-state index in [0.29, 0.717) is 0 Å². The van der Waals surface area contributed by atoms with E-state index in [9.17, 15) is 0 Å². The Morgan fingerprint density at radius 1 is 1.62 bits per heavy atom. The normalized spacial score (nSPS) is 32.2. The highest BCUT2D eigenvalue weighted by atomic mass is 15.9. The minimum Gasteiger partial charge on any atom is -0.305 e. The quantitative estimate of drug-likeness (QED) is 0.444. The Kier molecular flexibility index (Phi) is 0.574. The van der Waals surface area contributed by atoms with E-state index in [0.717, 1.165) is 0 Å². The summed E-state index contributed by atoms with van der Waals surface area (Å²) in [6.45, 7) is 0. The summed E-state index contributed by atoms with van der Waals surface area (Å²) >= 11 is 0. The lowest BCUT2D eigenvalue weighted by Crippen LogP contribution is -2.40. The molecular weight excluding hydrogens is 106 g/mol. The molecule has 2 heterocycles. The Bertz CT molecular complexity index is 134. The van der Waals surface area contributed by atoms with Gasteiger partial charge < -0.3 is 5.43 Å². The Morgan fingerprint density at radius 2 is 2.62 bits per heavy atom. The Morgan fingerprint density at radius 3 is 3.50 bits per heavy atom. The molecule has 2 aliphatic heterocycles. The van der Waals surface area contributed by atoms with Gasteiger partial charge in [-0.15, -0.1) is 5.11 Å². The first-order valence-corrected chi connectivity index (χ1v) is 2.34. The van der Waals surface area contributed by atoms with Gasteiger partial charge in [-0.05, 0) is 6.08 Å². The van der Waals surface area contributed by atoms with Crippen LogP contribution < -0.4 is 11.0 Å². The molecular formula is C3H5N5. The van der Waals surface area contributed by atoms with Crippen LogP contribution >= 0.6 is 0 Å². The lowest BCUT2D eigenvalue weighted by molar-refractivity contribution is 0.167. The topological polar surface area (TPSA) is 52.0 Å². The predicted octanol–water partition coefficient (Wildman–Crippen LogP) is -0.468. The van der Waals surface area contributed by atoms with Crippen LogP contribution in [0.25, 0.3) is 0 Å². The molecule has 1 unspecified atom stereocenters. The zero-order valence-electron chi connectivity index (χ0n) is 4.07. The van der Waals surface area contributed by atoms with E-state index in [1.54, 1.807) is 5.12 Å². The van der Waals surface area contributed by atoms with E-state index in [2.05, 4.69) is 21.3 Å². The van der Waals surface area contributed by atoms with Gasteiger partial charge in [0.15, 0.2) is 6.17 Å². The molecule has 8 heavy (non-hydrogen) atoms. The summed E-state index contributed by atoms with van der Waals surface area (Å²) in [7, 11) is 0. The van der Waals surface area contributed by atoms with Gasteiger partial charge in [0, 0.05) is 6.20 Å². The lowest BCUT2D eigenvalue weighted by atomic mass is 10.5. The monoisotopic (exact) mass is 111 g/mol. The molecule has 2 aliphatic rings. The molecule has 0 fully saturated rings. The van der Waals surface area contributed by atoms with E-state index in [1.165, 1.54) is 0 Å². The van der Waals surface area contributed by atoms with Gasteiger partial charge in [-0.3, -0.25) is 0 Å². The van der Waals surface area contributed by atoms with E-state index >= 15 is 0 Å². The summed E-state index contributed by atoms with van der Waals surface area (Å²) in [4.78, 5) is 0. The van der Waals surface area contributed by atoms with Crippen molar-refractivity contribution in [1.82, 2.24) is 16.1 Å². The second-order valence-corrected chi connectivity index (χ2v) is 1.59. The molecule has 5 heteroatoms. The third kappa shape index (κ3) is 0.336. The molecule has 42 valence electrons. The molecule has 0 aromatic heterocycles. The third-order valence-corrected chi connectivity index (χ3v) is 1.08. The van der Waals surface area contributed by atoms with Crippen LogP contribution in [0.3, 0.4) is 0 Å². The maximum Gasteiger partial charge on any atom is 0.184 e. The van der Waals surface area contributed by atoms with Crippen LogP contribution in [-0.2, 0) is 0 Å². The van der Waals surface area contributed by atoms with Gasteiger partial charge in [-0.1, -0.05) is 10.3 Å². The summed E-state index contributed by atoms with van der Waals surface area (Å²) in [5, 5.41) is 9.04. The fourth-order valence-corrected chi connectivity index (χ4v) is 0.683. The van der Waals surface area contributed by atoms with Crippen LogP contribution in [0.2, 0.25) is 0 Å². The number of hydrogen-bond donors (Lipinski definition) is 2. The summed E-state index contributed by atoms with van der Waals surface area (Å²) < 4.78 is 0. The number of hydrazine groups is 2. The minimum atomic E-state index is 0.0648. The third-order valence-electron chi connectivity index (χ3n) is 1.08. The average Bonchev–Trinajstić information content (AvgIpc) is 2.15. The molecule has 2 N–H and O–H groups in total. The SMILES string of the molecule is C1=CC2N=NNN2N1. The highest BCUT2D eigenvalue weighted by Gasteiger charge is 2.22. The van der Waals surface area contributed by atoms with Gasteiger partial charge in [0.2, 0.25) is 0 Å². The molecule has 0 amide bonds. The molecule has 2 rings (SSSR count). The van der Waals surface area contributed by atoms with Gasteiger partial charge in [0.25, 0.3) is 0 Å². The van der Waals surface area contributed by atoms with E-state index in [1.807, 2.05) is 12.3 Å².